The second-order valence-corrected chi connectivity index (χ2v) is 8.75. The van der Waals surface area contributed by atoms with Crippen molar-refractivity contribution < 1.29 is 22.7 Å². The molecule has 1 heterocycles. The molecule has 0 aromatic heterocycles. The van der Waals surface area contributed by atoms with Crippen molar-refractivity contribution in [1.29, 1.82) is 0 Å². The first kappa shape index (κ1) is 22.4. The molecule has 26 heavy (non-hydrogen) atoms. The van der Waals surface area contributed by atoms with Gasteiger partial charge in [0.2, 0.25) is 5.91 Å². The van der Waals surface area contributed by atoms with Crippen molar-refractivity contribution >= 4 is 39.8 Å². The number of nitrogens with one attached hydrogen (secondary N) is 2. The number of piperidine rings is 1. The Balaban J connectivity index is 0.00000338. The van der Waals surface area contributed by atoms with Crippen LogP contribution < -0.4 is 10.6 Å². The first-order chi connectivity index (χ1) is 11.6. The number of ether oxygens (including phenoxy) is 1. The van der Waals surface area contributed by atoms with Gasteiger partial charge in [-0.15, -0.1) is 12.4 Å². The average molecular weight is 405 g/mol. The number of aryl methyl sites for hydroxylation is 1. The van der Waals surface area contributed by atoms with E-state index in [1.807, 2.05) is 6.92 Å². The first-order valence-corrected chi connectivity index (χ1v) is 9.93. The van der Waals surface area contributed by atoms with Crippen molar-refractivity contribution in [1.82, 2.24) is 5.32 Å². The number of hydrogen-bond donors (Lipinski definition) is 2. The number of amides is 1. The summed E-state index contributed by atoms with van der Waals surface area (Å²) in [6.07, 6.45) is 1.52. The van der Waals surface area contributed by atoms with E-state index in [9.17, 15) is 18.0 Å². The molecule has 1 fully saturated rings. The fourth-order valence-corrected chi connectivity index (χ4v) is 4.43. The molecule has 1 saturated heterocycles. The highest BCUT2D eigenvalue weighted by Crippen LogP contribution is 2.30. The Bertz CT molecular complexity index is 802. The van der Waals surface area contributed by atoms with Gasteiger partial charge < -0.3 is 15.4 Å². The summed E-state index contributed by atoms with van der Waals surface area (Å²) in [5.41, 5.74) is 2.29. The monoisotopic (exact) mass is 404 g/mol. The quantitative estimate of drug-likeness (QED) is 0.739. The first-order valence-electron chi connectivity index (χ1n) is 8.04. The van der Waals surface area contributed by atoms with E-state index in [1.165, 1.54) is 13.2 Å². The van der Waals surface area contributed by atoms with E-state index in [1.54, 1.807) is 13.0 Å². The minimum Gasteiger partial charge on any atom is -0.465 e. The van der Waals surface area contributed by atoms with Gasteiger partial charge in [-0.1, -0.05) is 0 Å². The van der Waals surface area contributed by atoms with Crippen LogP contribution in [0.5, 0.6) is 0 Å². The summed E-state index contributed by atoms with van der Waals surface area (Å²) < 4.78 is 28.0. The fourth-order valence-electron chi connectivity index (χ4n) is 3.10. The molecule has 0 saturated carbocycles. The van der Waals surface area contributed by atoms with Gasteiger partial charge in [-0.25, -0.2) is 13.2 Å². The highest BCUT2D eigenvalue weighted by atomic mass is 35.5. The lowest BCUT2D eigenvalue weighted by atomic mass is 9.95. The Kier molecular flexibility index (Phi) is 7.21. The van der Waals surface area contributed by atoms with Crippen LogP contribution in [0, 0.1) is 13.8 Å². The third-order valence-electron chi connectivity index (χ3n) is 4.87. The number of hydrogen-bond acceptors (Lipinski definition) is 6. The minimum atomic E-state index is -3.60. The molecule has 146 valence electrons. The van der Waals surface area contributed by atoms with Crippen LogP contribution in [0.15, 0.2) is 12.1 Å². The topological polar surface area (TPSA) is 102 Å². The van der Waals surface area contributed by atoms with Gasteiger partial charge >= 0.3 is 5.97 Å². The van der Waals surface area contributed by atoms with Crippen molar-refractivity contribution in [2.75, 3.05) is 31.8 Å². The van der Waals surface area contributed by atoms with E-state index in [0.717, 1.165) is 17.4 Å². The predicted octanol–water partition coefficient (Wildman–Crippen LogP) is 1.62. The second-order valence-electron chi connectivity index (χ2n) is 6.43. The maximum Gasteiger partial charge on any atom is 0.338 e. The molecule has 7 nitrogen and oxygen atoms in total. The van der Waals surface area contributed by atoms with E-state index < -0.39 is 26.5 Å². The summed E-state index contributed by atoms with van der Waals surface area (Å²) in [5.74, 6) is -1.06. The number of rotatable bonds is 4. The molecule has 0 atom stereocenters. The van der Waals surface area contributed by atoms with E-state index in [2.05, 4.69) is 10.6 Å². The Morgan fingerprint density at radius 2 is 1.77 bits per heavy atom. The normalized spacial score (nSPS) is 16.3. The maximum absolute atomic E-state index is 12.8. The molecule has 1 aliphatic heterocycles. The number of anilines is 1. The van der Waals surface area contributed by atoms with E-state index in [0.29, 0.717) is 24.3 Å². The van der Waals surface area contributed by atoms with Crippen molar-refractivity contribution in [3.05, 3.63) is 28.8 Å². The van der Waals surface area contributed by atoms with Crippen LogP contribution in [-0.4, -0.2) is 51.5 Å². The van der Waals surface area contributed by atoms with Crippen LogP contribution in [0.4, 0.5) is 5.69 Å². The van der Waals surface area contributed by atoms with Gasteiger partial charge in [0, 0.05) is 11.9 Å². The Morgan fingerprint density at radius 3 is 2.27 bits per heavy atom. The number of carbonyl (C=O) groups is 2. The third-order valence-corrected chi connectivity index (χ3v) is 6.88. The summed E-state index contributed by atoms with van der Waals surface area (Å²) in [4.78, 5) is 24.8. The van der Waals surface area contributed by atoms with Gasteiger partial charge in [-0.3, -0.25) is 4.79 Å². The molecular weight excluding hydrogens is 380 g/mol. The molecule has 0 radical (unpaired) electrons. The highest BCUT2D eigenvalue weighted by Gasteiger charge is 2.48. The third kappa shape index (κ3) is 4.19. The molecule has 0 spiro atoms. The minimum absolute atomic E-state index is 0. The zero-order chi connectivity index (χ0) is 18.8. The number of carbonyl (C=O) groups excluding carboxylic acids is 2. The van der Waals surface area contributed by atoms with Gasteiger partial charge in [-0.2, -0.15) is 0 Å². The van der Waals surface area contributed by atoms with E-state index in [4.69, 9.17) is 4.74 Å². The Labute approximate surface area is 160 Å². The summed E-state index contributed by atoms with van der Waals surface area (Å²) in [6, 6.07) is 3.24. The van der Waals surface area contributed by atoms with Gasteiger partial charge in [0.05, 0.1) is 12.7 Å². The molecule has 1 aromatic carbocycles. The van der Waals surface area contributed by atoms with Crippen LogP contribution in [0.1, 0.15) is 34.3 Å². The van der Waals surface area contributed by atoms with Gasteiger partial charge in [0.1, 0.15) is 0 Å². The molecular formula is C17H25ClN2O5S. The number of methoxy groups -OCH3 is 1. The van der Waals surface area contributed by atoms with Crippen LogP contribution in [0.3, 0.4) is 0 Å². The zero-order valence-electron chi connectivity index (χ0n) is 15.3. The number of benzene rings is 1. The fraction of sp³-hybridized carbons (Fsp3) is 0.529. The van der Waals surface area contributed by atoms with Gasteiger partial charge in [0.15, 0.2) is 14.6 Å². The molecule has 2 N–H and O–H groups in total. The summed E-state index contributed by atoms with van der Waals surface area (Å²) >= 11 is 0. The molecule has 0 unspecified atom stereocenters. The lowest BCUT2D eigenvalue weighted by molar-refractivity contribution is -0.119. The Morgan fingerprint density at radius 1 is 1.19 bits per heavy atom. The van der Waals surface area contributed by atoms with Crippen molar-refractivity contribution in [3.8, 4) is 0 Å². The predicted molar refractivity (Wildman–Crippen MR) is 103 cm³/mol. The van der Waals surface area contributed by atoms with Crippen LogP contribution in [0.25, 0.3) is 0 Å². The van der Waals surface area contributed by atoms with E-state index in [-0.39, 0.29) is 25.2 Å². The molecule has 1 aromatic rings. The van der Waals surface area contributed by atoms with Crippen LogP contribution >= 0.6 is 12.4 Å². The SMILES string of the molecule is COC(=O)c1cc(NC(=O)C2(S(C)(=O)=O)CCNCC2)cc(C)c1C.Cl. The molecule has 0 aliphatic carbocycles. The van der Waals surface area contributed by atoms with Crippen LogP contribution in [-0.2, 0) is 19.4 Å². The molecule has 2 rings (SSSR count). The number of esters is 1. The number of halogens is 1. The molecule has 1 aliphatic rings. The van der Waals surface area contributed by atoms with Gasteiger partial charge in [0.25, 0.3) is 0 Å². The average Bonchev–Trinajstić information content (AvgIpc) is 2.56. The second kappa shape index (κ2) is 8.37. The summed E-state index contributed by atoms with van der Waals surface area (Å²) in [6.45, 7) is 4.52. The lowest BCUT2D eigenvalue weighted by Crippen LogP contribution is -2.55. The highest BCUT2D eigenvalue weighted by molar-refractivity contribution is 7.92. The Hall–Kier alpha value is -1.64. The summed E-state index contributed by atoms with van der Waals surface area (Å²) in [7, 11) is -2.31. The van der Waals surface area contributed by atoms with Crippen molar-refractivity contribution in [2.24, 2.45) is 0 Å². The maximum atomic E-state index is 12.8. The molecule has 9 heteroatoms. The van der Waals surface area contributed by atoms with Crippen molar-refractivity contribution in [3.63, 3.8) is 0 Å². The van der Waals surface area contributed by atoms with Crippen molar-refractivity contribution in [2.45, 2.75) is 31.4 Å². The lowest BCUT2D eigenvalue weighted by Gasteiger charge is -2.34. The molecule has 1 amide bonds. The van der Waals surface area contributed by atoms with Crippen LogP contribution in [0.2, 0.25) is 0 Å². The number of sulfone groups is 1. The van der Waals surface area contributed by atoms with Gasteiger partial charge in [-0.05, 0) is 63.0 Å². The standard InChI is InChI=1S/C17H24N2O5S.ClH/c1-11-9-13(10-14(12(11)2)15(20)24-3)19-16(21)17(25(4,22)23)5-7-18-8-6-17;/h9-10,18H,5-8H2,1-4H3,(H,19,21);1H. The zero-order valence-corrected chi connectivity index (χ0v) is 17.0. The largest absolute Gasteiger partial charge is 0.465 e. The smallest absolute Gasteiger partial charge is 0.338 e. The van der Waals surface area contributed by atoms with E-state index >= 15 is 0 Å². The molecule has 0 bridgehead atoms. The summed E-state index contributed by atoms with van der Waals surface area (Å²) in [5, 5.41) is 5.77.